The van der Waals surface area contributed by atoms with Gasteiger partial charge in [0, 0.05) is 77.8 Å². The van der Waals surface area contributed by atoms with Crippen molar-refractivity contribution in [1.82, 2.24) is 34.1 Å². The first kappa shape index (κ1) is 25.5. The smallest absolute Gasteiger partial charge is 0.258 e. The minimum absolute atomic E-state index is 0.194. The number of nitrogen functional groups attached to an aromatic ring is 1. The number of fused-ring (bicyclic) bond motifs is 1. The van der Waals surface area contributed by atoms with Gasteiger partial charge in [-0.2, -0.15) is 5.10 Å². The van der Waals surface area contributed by atoms with Gasteiger partial charge in [0.05, 0.1) is 24.7 Å². The van der Waals surface area contributed by atoms with E-state index >= 15 is 0 Å². The van der Waals surface area contributed by atoms with Crippen molar-refractivity contribution < 1.29 is 4.74 Å². The zero-order chi connectivity index (χ0) is 28.4. The molecule has 41 heavy (non-hydrogen) atoms. The number of nitrogens with zero attached hydrogens (tertiary/aromatic N) is 8. The Morgan fingerprint density at radius 2 is 1.80 bits per heavy atom. The Morgan fingerprint density at radius 1 is 1.02 bits per heavy atom. The summed E-state index contributed by atoms with van der Waals surface area (Å²) in [5.74, 6) is 2.34. The highest BCUT2D eigenvalue weighted by atomic mass is 16.5. The Morgan fingerprint density at radius 3 is 2.51 bits per heavy atom. The summed E-state index contributed by atoms with van der Waals surface area (Å²) < 4.78 is 11.5. The monoisotopic (exact) mass is 549 g/mol. The predicted octanol–water partition coefficient (Wildman–Crippen LogP) is 5.91. The van der Waals surface area contributed by atoms with E-state index in [1.54, 1.807) is 7.11 Å². The molecule has 0 unspecified atom stereocenters. The van der Waals surface area contributed by atoms with Crippen LogP contribution in [0.15, 0.2) is 41.7 Å². The number of hydrogen-bond acceptors (Lipinski definition) is 7. The molecule has 2 fully saturated rings. The lowest BCUT2D eigenvalue weighted by Crippen LogP contribution is -2.02. The number of nitrogens with two attached hydrogens (primary N) is 1. The van der Waals surface area contributed by atoms with Crippen molar-refractivity contribution in [2.24, 2.45) is 19.1 Å². The number of aliphatic imine (C=N–C) groups is 1. The highest BCUT2D eigenvalue weighted by Gasteiger charge is 2.35. The molecule has 5 aromatic rings. The molecule has 10 heteroatoms. The van der Waals surface area contributed by atoms with Gasteiger partial charge in [-0.05, 0) is 51.7 Å². The van der Waals surface area contributed by atoms with Crippen molar-refractivity contribution >= 4 is 28.6 Å². The lowest BCUT2D eigenvalue weighted by molar-refractivity contribution is 0.384. The molecule has 1 aromatic carbocycles. The zero-order valence-corrected chi connectivity index (χ0v) is 24.2. The van der Waals surface area contributed by atoms with E-state index in [0.29, 0.717) is 29.1 Å². The molecule has 210 valence electrons. The zero-order valence-electron chi connectivity index (χ0n) is 24.2. The Bertz CT molecular complexity index is 1810. The van der Waals surface area contributed by atoms with E-state index in [0.717, 1.165) is 70.6 Å². The van der Waals surface area contributed by atoms with Crippen LogP contribution in [0.5, 0.6) is 5.88 Å². The van der Waals surface area contributed by atoms with Gasteiger partial charge in [0.1, 0.15) is 11.5 Å². The van der Waals surface area contributed by atoms with Gasteiger partial charge in [-0.15, -0.1) is 5.10 Å². The standard InChI is InChI=1S/C31H35N9O/c1-17(2)40-16-25(31(37-40)41-5)33-14-23-21(7-6-8-24(23)32)27-28(19-11-12-19)39(4)30(35-27)22-13-20-15-38(3)36-29(20)34-26(22)18-9-10-18/h6-8,13-19H,9-12,32H2,1-5H3. The Labute approximate surface area is 238 Å². The van der Waals surface area contributed by atoms with Crippen LogP contribution in [0.25, 0.3) is 33.7 Å². The van der Waals surface area contributed by atoms with Crippen LogP contribution in [0.2, 0.25) is 0 Å². The van der Waals surface area contributed by atoms with Gasteiger partial charge in [0.2, 0.25) is 0 Å². The lowest BCUT2D eigenvalue weighted by atomic mass is 10.0. The van der Waals surface area contributed by atoms with Crippen molar-refractivity contribution in [3.05, 3.63) is 53.6 Å². The van der Waals surface area contributed by atoms with Crippen LogP contribution in [0.3, 0.4) is 0 Å². The van der Waals surface area contributed by atoms with Gasteiger partial charge >= 0.3 is 0 Å². The molecule has 2 aliphatic carbocycles. The predicted molar refractivity (Wildman–Crippen MR) is 161 cm³/mol. The summed E-state index contributed by atoms with van der Waals surface area (Å²) in [5, 5.41) is 10.1. The second-order valence-corrected chi connectivity index (χ2v) is 11.6. The second-order valence-electron chi connectivity index (χ2n) is 11.6. The van der Waals surface area contributed by atoms with Gasteiger partial charge in [0.15, 0.2) is 5.65 Å². The fraction of sp³-hybridized carbons (Fsp3) is 0.387. The third-order valence-corrected chi connectivity index (χ3v) is 8.08. The summed E-state index contributed by atoms with van der Waals surface area (Å²) >= 11 is 0. The number of aromatic nitrogens is 7. The van der Waals surface area contributed by atoms with Gasteiger partial charge < -0.3 is 15.0 Å². The molecule has 0 amide bonds. The van der Waals surface area contributed by atoms with Gasteiger partial charge in [-0.3, -0.25) is 9.36 Å². The van der Waals surface area contributed by atoms with E-state index in [1.165, 1.54) is 5.69 Å². The fourth-order valence-corrected chi connectivity index (χ4v) is 5.64. The number of benzene rings is 1. The van der Waals surface area contributed by atoms with Crippen LogP contribution in [0, 0.1) is 0 Å². The van der Waals surface area contributed by atoms with E-state index in [2.05, 4.69) is 47.8 Å². The first-order valence-electron chi connectivity index (χ1n) is 14.3. The minimum atomic E-state index is 0.194. The molecule has 0 atom stereocenters. The van der Waals surface area contributed by atoms with Crippen molar-refractivity contribution in [2.75, 3.05) is 12.8 Å². The highest BCUT2D eigenvalue weighted by molar-refractivity contribution is 5.97. The number of anilines is 1. The molecular weight excluding hydrogens is 514 g/mol. The van der Waals surface area contributed by atoms with Gasteiger partial charge in [-0.1, -0.05) is 12.1 Å². The van der Waals surface area contributed by atoms with Crippen molar-refractivity contribution in [2.45, 2.75) is 57.4 Å². The number of hydrogen-bond donors (Lipinski definition) is 1. The van der Waals surface area contributed by atoms with E-state index in [4.69, 9.17) is 25.4 Å². The van der Waals surface area contributed by atoms with Crippen LogP contribution < -0.4 is 10.5 Å². The maximum absolute atomic E-state index is 6.58. The molecule has 0 saturated heterocycles. The summed E-state index contributed by atoms with van der Waals surface area (Å²) in [4.78, 5) is 15.2. The van der Waals surface area contributed by atoms with E-state index < -0.39 is 0 Å². The molecule has 10 nitrogen and oxygen atoms in total. The molecule has 2 N–H and O–H groups in total. The maximum Gasteiger partial charge on any atom is 0.258 e. The molecule has 4 heterocycles. The van der Waals surface area contributed by atoms with E-state index in [1.807, 2.05) is 47.2 Å². The van der Waals surface area contributed by atoms with Crippen LogP contribution in [0.1, 0.15) is 74.4 Å². The molecular formula is C31H35N9O. The van der Waals surface area contributed by atoms with Crippen molar-refractivity contribution in [1.29, 1.82) is 0 Å². The molecule has 2 aliphatic rings. The summed E-state index contributed by atoms with van der Waals surface area (Å²) in [6.07, 6.45) is 10.3. The molecule has 2 saturated carbocycles. The molecule has 4 aromatic heterocycles. The average Bonchev–Trinajstić information content (AvgIpc) is 3.86. The van der Waals surface area contributed by atoms with Crippen LogP contribution >= 0.6 is 0 Å². The summed E-state index contributed by atoms with van der Waals surface area (Å²) in [7, 11) is 5.68. The first-order valence-corrected chi connectivity index (χ1v) is 14.3. The van der Waals surface area contributed by atoms with E-state index in [-0.39, 0.29) is 6.04 Å². The summed E-state index contributed by atoms with van der Waals surface area (Å²) in [6, 6.07) is 8.40. The molecule has 0 spiro atoms. The number of ether oxygens (including phenoxy) is 1. The number of aryl methyl sites for hydroxylation is 1. The minimum Gasteiger partial charge on any atom is -0.478 e. The van der Waals surface area contributed by atoms with Crippen LogP contribution in [0.4, 0.5) is 11.4 Å². The van der Waals surface area contributed by atoms with Gasteiger partial charge in [-0.25, -0.2) is 15.0 Å². The third kappa shape index (κ3) is 4.47. The van der Waals surface area contributed by atoms with Crippen molar-refractivity contribution in [3.63, 3.8) is 0 Å². The second kappa shape index (κ2) is 9.57. The van der Waals surface area contributed by atoms with Crippen LogP contribution in [-0.4, -0.2) is 47.4 Å². The normalized spacial score (nSPS) is 15.6. The number of pyridine rings is 1. The largest absolute Gasteiger partial charge is 0.478 e. The SMILES string of the molecule is COc1nn(C(C)C)cc1N=Cc1c(N)cccc1-c1nc(-c2cc3cn(C)nc3nc2C2CC2)n(C)c1C1CC1. The molecule has 0 radical (unpaired) electrons. The topological polar surface area (TPSA) is 114 Å². The van der Waals surface area contributed by atoms with Crippen LogP contribution in [-0.2, 0) is 14.1 Å². The Kier molecular flexibility index (Phi) is 5.95. The number of methoxy groups -OCH3 is 1. The maximum atomic E-state index is 6.58. The van der Waals surface area contributed by atoms with E-state index in [9.17, 15) is 0 Å². The first-order chi connectivity index (χ1) is 19.8. The Hall–Kier alpha value is -4.47. The molecule has 0 aliphatic heterocycles. The average molecular weight is 550 g/mol. The number of rotatable bonds is 8. The summed E-state index contributed by atoms with van der Waals surface area (Å²) in [6.45, 7) is 4.14. The lowest BCUT2D eigenvalue weighted by Gasteiger charge is -2.10. The number of imidazole rings is 1. The molecule has 0 bridgehead atoms. The Balaban J connectivity index is 1.38. The van der Waals surface area contributed by atoms with Gasteiger partial charge in [0.25, 0.3) is 5.88 Å². The summed E-state index contributed by atoms with van der Waals surface area (Å²) in [5.41, 5.74) is 14.9. The molecule has 7 rings (SSSR count). The highest BCUT2D eigenvalue weighted by Crippen LogP contribution is 2.49. The van der Waals surface area contributed by atoms with Crippen molar-refractivity contribution in [3.8, 4) is 28.5 Å². The third-order valence-electron chi connectivity index (χ3n) is 8.08. The quantitative estimate of drug-likeness (QED) is 0.190. The fourth-order valence-electron chi connectivity index (χ4n) is 5.64.